The molecule has 9 heteroatoms. The average molecular weight is 494 g/mol. The van der Waals surface area contributed by atoms with Gasteiger partial charge in [-0.15, -0.1) is 11.3 Å². The van der Waals surface area contributed by atoms with Gasteiger partial charge in [-0.25, -0.2) is 14.6 Å². The van der Waals surface area contributed by atoms with Gasteiger partial charge in [0.1, 0.15) is 16.5 Å². The van der Waals surface area contributed by atoms with Crippen LogP contribution in [0.25, 0.3) is 11.1 Å². The van der Waals surface area contributed by atoms with E-state index in [0.29, 0.717) is 5.01 Å². The maximum Gasteiger partial charge on any atom is 0.407 e. The molecule has 0 saturated carbocycles. The summed E-state index contributed by atoms with van der Waals surface area (Å²) in [6.07, 6.45) is 0.925. The number of fused-ring (bicyclic) bond motifs is 3. The van der Waals surface area contributed by atoms with E-state index in [0.717, 1.165) is 22.5 Å². The van der Waals surface area contributed by atoms with Crippen molar-refractivity contribution in [1.29, 1.82) is 0 Å². The molecule has 1 heterocycles. The molecule has 1 aliphatic carbocycles. The molecule has 0 aliphatic heterocycles. The van der Waals surface area contributed by atoms with Crippen LogP contribution >= 0.6 is 11.3 Å². The van der Waals surface area contributed by atoms with Crippen molar-refractivity contribution in [3.05, 3.63) is 75.7 Å². The van der Waals surface area contributed by atoms with Gasteiger partial charge in [0.25, 0.3) is 0 Å². The van der Waals surface area contributed by atoms with Crippen molar-refractivity contribution in [2.45, 2.75) is 32.7 Å². The van der Waals surface area contributed by atoms with E-state index in [1.807, 2.05) is 38.1 Å². The van der Waals surface area contributed by atoms with Gasteiger partial charge in [-0.1, -0.05) is 62.4 Å². The van der Waals surface area contributed by atoms with Crippen LogP contribution in [0.4, 0.5) is 4.79 Å². The zero-order chi connectivity index (χ0) is 25.0. The molecule has 2 aromatic carbocycles. The molecule has 0 radical (unpaired) electrons. The topological polar surface area (TPSA) is 118 Å². The summed E-state index contributed by atoms with van der Waals surface area (Å²) in [6.45, 7) is 4.40. The van der Waals surface area contributed by atoms with E-state index in [4.69, 9.17) is 9.84 Å². The summed E-state index contributed by atoms with van der Waals surface area (Å²) in [5.41, 5.74) is 4.12. The maximum atomic E-state index is 12.4. The summed E-state index contributed by atoms with van der Waals surface area (Å²) in [5.74, 6) is -1.27. The third-order valence-electron chi connectivity index (χ3n) is 5.90. The summed E-state index contributed by atoms with van der Waals surface area (Å²) in [7, 11) is 0. The Hall–Kier alpha value is -3.72. The van der Waals surface area contributed by atoms with E-state index in [2.05, 4.69) is 39.9 Å². The van der Waals surface area contributed by atoms with E-state index in [1.165, 1.54) is 17.3 Å². The molecule has 0 fully saturated rings. The van der Waals surface area contributed by atoms with Crippen LogP contribution in [-0.2, 0) is 16.1 Å². The Bertz CT molecular complexity index is 1210. The van der Waals surface area contributed by atoms with Crippen LogP contribution in [0.15, 0.2) is 54.7 Å². The van der Waals surface area contributed by atoms with E-state index >= 15 is 0 Å². The van der Waals surface area contributed by atoms with Crippen LogP contribution in [0, 0.1) is 5.41 Å². The highest BCUT2D eigenvalue weighted by atomic mass is 32.1. The van der Waals surface area contributed by atoms with Crippen molar-refractivity contribution in [3.8, 4) is 11.1 Å². The second-order valence-electron chi connectivity index (χ2n) is 9.22. The lowest BCUT2D eigenvalue weighted by Gasteiger charge is -2.24. The first-order valence-corrected chi connectivity index (χ1v) is 12.1. The summed E-state index contributed by atoms with van der Waals surface area (Å²) in [5, 5.41) is 15.0. The number of hydrogen-bond acceptors (Lipinski definition) is 6. The molecule has 0 unspecified atom stereocenters. The van der Waals surface area contributed by atoms with Crippen LogP contribution < -0.4 is 10.6 Å². The predicted molar refractivity (Wildman–Crippen MR) is 132 cm³/mol. The van der Waals surface area contributed by atoms with E-state index in [1.54, 1.807) is 0 Å². The first-order valence-electron chi connectivity index (χ1n) is 11.3. The Morgan fingerprint density at radius 2 is 1.66 bits per heavy atom. The molecular weight excluding hydrogens is 466 g/mol. The van der Waals surface area contributed by atoms with Crippen molar-refractivity contribution in [2.75, 3.05) is 13.2 Å². The van der Waals surface area contributed by atoms with Gasteiger partial charge < -0.3 is 20.5 Å². The quantitative estimate of drug-likeness (QED) is 0.406. The van der Waals surface area contributed by atoms with Gasteiger partial charge >= 0.3 is 12.1 Å². The lowest BCUT2D eigenvalue weighted by atomic mass is 9.89. The van der Waals surface area contributed by atoms with Gasteiger partial charge in [0.15, 0.2) is 0 Å². The van der Waals surface area contributed by atoms with Crippen LogP contribution in [0.3, 0.4) is 0 Å². The largest absolute Gasteiger partial charge is 0.477 e. The first-order chi connectivity index (χ1) is 16.7. The summed E-state index contributed by atoms with van der Waals surface area (Å²) in [6, 6.07) is 16.3. The average Bonchev–Trinajstić information content (AvgIpc) is 3.43. The van der Waals surface area contributed by atoms with Gasteiger partial charge in [-0.3, -0.25) is 4.79 Å². The normalized spacial score (nSPS) is 12.5. The van der Waals surface area contributed by atoms with Crippen LogP contribution in [0.5, 0.6) is 0 Å². The minimum Gasteiger partial charge on any atom is -0.477 e. The molecule has 182 valence electrons. The number of carboxylic acids is 1. The number of aromatic nitrogens is 1. The standard InChI is InChI=1S/C26H27N3O5S/c1-26(2,11-22(30)27-13-23-28-12-21(35-23)24(31)32)15-29-25(33)34-14-20-18-9-5-3-7-16(18)17-8-4-6-10-19(17)20/h3-10,12,20H,11,13-15H2,1-2H3,(H,27,30)(H,29,33)(H,31,32). The monoisotopic (exact) mass is 493 g/mol. The maximum absolute atomic E-state index is 12.4. The fourth-order valence-corrected chi connectivity index (χ4v) is 4.88. The van der Waals surface area contributed by atoms with Crippen molar-refractivity contribution in [3.63, 3.8) is 0 Å². The second-order valence-corrected chi connectivity index (χ2v) is 10.3. The first kappa shape index (κ1) is 24.4. The molecule has 8 nitrogen and oxygen atoms in total. The SMILES string of the molecule is CC(C)(CNC(=O)OCC1c2ccccc2-c2ccccc21)CC(=O)NCc1ncc(C(=O)O)s1. The Labute approximate surface area is 207 Å². The van der Waals surface area contributed by atoms with Crippen molar-refractivity contribution in [1.82, 2.24) is 15.6 Å². The number of hydrogen-bond donors (Lipinski definition) is 3. The molecule has 0 bridgehead atoms. The molecule has 1 aliphatic rings. The van der Waals surface area contributed by atoms with Crippen molar-refractivity contribution in [2.24, 2.45) is 5.41 Å². The summed E-state index contributed by atoms with van der Waals surface area (Å²) >= 11 is 1.02. The van der Waals surface area contributed by atoms with Gasteiger partial charge in [-0.2, -0.15) is 0 Å². The molecule has 4 rings (SSSR count). The molecule has 0 saturated heterocycles. The molecule has 35 heavy (non-hydrogen) atoms. The van der Waals surface area contributed by atoms with Gasteiger partial charge in [0.05, 0.1) is 12.7 Å². The van der Waals surface area contributed by atoms with Crippen LogP contribution in [0.2, 0.25) is 0 Å². The number of aromatic carboxylic acids is 1. The number of alkyl carbamates (subject to hydrolysis) is 1. The fraction of sp³-hybridized carbons (Fsp3) is 0.308. The van der Waals surface area contributed by atoms with Gasteiger partial charge in [-0.05, 0) is 27.7 Å². The number of carbonyl (C=O) groups excluding carboxylic acids is 2. The third kappa shape index (κ3) is 5.86. The molecule has 2 amide bonds. The van der Waals surface area contributed by atoms with Crippen molar-refractivity contribution < 1.29 is 24.2 Å². The molecule has 3 aromatic rings. The molecule has 3 N–H and O–H groups in total. The highest BCUT2D eigenvalue weighted by molar-refractivity contribution is 7.13. The number of ether oxygens (including phenoxy) is 1. The number of nitrogens with one attached hydrogen (secondary N) is 2. The number of thiazole rings is 1. The van der Waals surface area contributed by atoms with E-state index < -0.39 is 17.5 Å². The molecule has 1 aromatic heterocycles. The second kappa shape index (κ2) is 10.3. The number of rotatable bonds is 9. The van der Waals surface area contributed by atoms with Crippen LogP contribution in [-0.4, -0.2) is 41.2 Å². The third-order valence-corrected chi connectivity index (χ3v) is 6.88. The zero-order valence-electron chi connectivity index (χ0n) is 19.5. The summed E-state index contributed by atoms with van der Waals surface area (Å²) in [4.78, 5) is 39.9. The fourth-order valence-electron chi connectivity index (χ4n) is 4.19. The number of carbonyl (C=O) groups is 3. The number of carboxylic acid groups (broad SMARTS) is 1. The van der Waals surface area contributed by atoms with Crippen molar-refractivity contribution >= 4 is 29.3 Å². The molecule has 0 atom stereocenters. The minimum atomic E-state index is -1.04. The van der Waals surface area contributed by atoms with E-state index in [9.17, 15) is 14.4 Å². The lowest BCUT2D eigenvalue weighted by Crippen LogP contribution is -2.38. The highest BCUT2D eigenvalue weighted by Crippen LogP contribution is 2.44. The predicted octanol–water partition coefficient (Wildman–Crippen LogP) is 4.41. The van der Waals surface area contributed by atoms with Gasteiger partial charge in [0.2, 0.25) is 5.91 Å². The van der Waals surface area contributed by atoms with Crippen LogP contribution in [0.1, 0.15) is 52.0 Å². The van der Waals surface area contributed by atoms with E-state index in [-0.39, 0.29) is 42.8 Å². The Kier molecular flexibility index (Phi) is 7.16. The number of benzene rings is 2. The number of amides is 2. The lowest BCUT2D eigenvalue weighted by molar-refractivity contribution is -0.123. The Morgan fingerprint density at radius 3 is 2.26 bits per heavy atom. The minimum absolute atomic E-state index is 0.0144. The van der Waals surface area contributed by atoms with Gasteiger partial charge in [0, 0.05) is 18.9 Å². The molecular formula is C26H27N3O5S. The Balaban J connectivity index is 1.24. The Morgan fingerprint density at radius 1 is 1.03 bits per heavy atom. The number of nitrogens with zero attached hydrogens (tertiary/aromatic N) is 1. The smallest absolute Gasteiger partial charge is 0.407 e. The zero-order valence-corrected chi connectivity index (χ0v) is 20.4. The highest BCUT2D eigenvalue weighted by Gasteiger charge is 2.29. The summed E-state index contributed by atoms with van der Waals surface area (Å²) < 4.78 is 5.56. The molecule has 0 spiro atoms.